The summed E-state index contributed by atoms with van der Waals surface area (Å²) in [6, 6.07) is 4.05. The molecule has 4 heteroatoms. The molecule has 0 atom stereocenters. The summed E-state index contributed by atoms with van der Waals surface area (Å²) in [5.41, 5.74) is 1.11. The van der Waals surface area contributed by atoms with Gasteiger partial charge in [0.25, 0.3) is 0 Å². The van der Waals surface area contributed by atoms with Gasteiger partial charge in [-0.2, -0.15) is 0 Å². The van der Waals surface area contributed by atoms with Gasteiger partial charge in [-0.25, -0.2) is 0 Å². The Balaban J connectivity index is 2.25. The topological polar surface area (TPSA) is 30.5 Å². The van der Waals surface area contributed by atoms with Gasteiger partial charge in [-0.1, -0.05) is 12.2 Å². The summed E-state index contributed by atoms with van der Waals surface area (Å²) in [5, 5.41) is 3.07. The molecule has 0 aliphatic carbocycles. The highest BCUT2D eigenvalue weighted by Gasteiger charge is 2.14. The molecular weight excluding hydrogens is 282 g/mol. The molecule has 0 fully saturated rings. The Morgan fingerprint density at radius 3 is 3.00 bits per heavy atom. The maximum atomic E-state index is 5.67. The number of fused-ring (bicyclic) bond motifs is 1. The number of halogens is 1. The van der Waals surface area contributed by atoms with Crippen LogP contribution in [0.3, 0.4) is 0 Å². The zero-order valence-corrected chi connectivity index (χ0v) is 11.4. The molecule has 0 bridgehead atoms. The fourth-order valence-corrected chi connectivity index (χ4v) is 2.23. The van der Waals surface area contributed by atoms with Gasteiger partial charge in [0.05, 0.1) is 17.7 Å². The fourth-order valence-electron chi connectivity index (χ4n) is 1.66. The molecule has 92 valence electrons. The standard InChI is InChI=1S/C13H16BrNO2/c1-15-5-2-4-10-8-11(14)13-12(9-10)16-6-3-7-17-13/h2,4,8-9,15H,3,5-7H2,1H3. The number of hydrogen-bond acceptors (Lipinski definition) is 3. The third-order valence-electron chi connectivity index (χ3n) is 2.46. The first-order valence-corrected chi connectivity index (χ1v) is 6.51. The minimum absolute atomic E-state index is 0.709. The lowest BCUT2D eigenvalue weighted by Crippen LogP contribution is -2.03. The van der Waals surface area contributed by atoms with Crippen LogP contribution in [-0.2, 0) is 0 Å². The van der Waals surface area contributed by atoms with Gasteiger partial charge in [0.1, 0.15) is 0 Å². The van der Waals surface area contributed by atoms with E-state index >= 15 is 0 Å². The second-order valence-corrected chi connectivity index (χ2v) is 4.69. The van der Waals surface area contributed by atoms with Crippen LogP contribution in [0.5, 0.6) is 11.5 Å². The normalized spacial score (nSPS) is 14.9. The monoisotopic (exact) mass is 297 g/mol. The maximum absolute atomic E-state index is 5.67. The van der Waals surface area contributed by atoms with Crippen LogP contribution >= 0.6 is 15.9 Å². The van der Waals surface area contributed by atoms with Gasteiger partial charge in [0, 0.05) is 13.0 Å². The van der Waals surface area contributed by atoms with E-state index in [0.717, 1.165) is 34.5 Å². The third kappa shape index (κ3) is 3.23. The van der Waals surface area contributed by atoms with Crippen molar-refractivity contribution in [2.24, 2.45) is 0 Å². The maximum Gasteiger partial charge on any atom is 0.175 e. The van der Waals surface area contributed by atoms with Crippen LogP contribution in [0, 0.1) is 0 Å². The quantitative estimate of drug-likeness (QED) is 0.931. The van der Waals surface area contributed by atoms with E-state index in [4.69, 9.17) is 9.47 Å². The molecule has 0 aromatic heterocycles. The molecule has 17 heavy (non-hydrogen) atoms. The average molecular weight is 298 g/mol. The number of hydrogen-bond donors (Lipinski definition) is 1. The Bertz CT molecular complexity index is 418. The van der Waals surface area contributed by atoms with Crippen LogP contribution in [-0.4, -0.2) is 26.8 Å². The third-order valence-corrected chi connectivity index (χ3v) is 3.05. The Kier molecular flexibility index (Phi) is 4.45. The predicted octanol–water partition coefficient (Wildman–Crippen LogP) is 2.84. The van der Waals surface area contributed by atoms with Gasteiger partial charge in [-0.15, -0.1) is 0 Å². The van der Waals surface area contributed by atoms with Crippen molar-refractivity contribution in [3.8, 4) is 11.5 Å². The number of ether oxygens (including phenoxy) is 2. The van der Waals surface area contributed by atoms with Gasteiger partial charge in [0.2, 0.25) is 0 Å². The van der Waals surface area contributed by atoms with Gasteiger partial charge in [0.15, 0.2) is 11.5 Å². The lowest BCUT2D eigenvalue weighted by molar-refractivity contribution is 0.296. The van der Waals surface area contributed by atoms with Crippen molar-refractivity contribution in [1.82, 2.24) is 5.32 Å². The minimum Gasteiger partial charge on any atom is -0.489 e. The van der Waals surface area contributed by atoms with Crippen LogP contribution in [0.1, 0.15) is 12.0 Å². The molecule has 0 spiro atoms. The Morgan fingerprint density at radius 1 is 1.35 bits per heavy atom. The molecule has 0 saturated carbocycles. The van der Waals surface area contributed by atoms with E-state index in [1.54, 1.807) is 0 Å². The van der Waals surface area contributed by atoms with Crippen molar-refractivity contribution >= 4 is 22.0 Å². The molecule has 1 N–H and O–H groups in total. The molecule has 1 aromatic rings. The number of rotatable bonds is 3. The van der Waals surface area contributed by atoms with Gasteiger partial charge in [-0.05, 0) is 40.7 Å². The molecule has 3 nitrogen and oxygen atoms in total. The molecule has 1 heterocycles. The highest BCUT2D eigenvalue weighted by molar-refractivity contribution is 9.10. The van der Waals surface area contributed by atoms with Crippen molar-refractivity contribution in [2.75, 3.05) is 26.8 Å². The molecule has 0 amide bonds. The highest BCUT2D eigenvalue weighted by atomic mass is 79.9. The molecule has 0 radical (unpaired) electrons. The van der Waals surface area contributed by atoms with Crippen LogP contribution in [0.15, 0.2) is 22.7 Å². The summed E-state index contributed by atoms with van der Waals surface area (Å²) in [7, 11) is 1.92. The lowest BCUT2D eigenvalue weighted by atomic mass is 10.2. The Morgan fingerprint density at radius 2 is 2.18 bits per heavy atom. The van der Waals surface area contributed by atoms with Crippen molar-refractivity contribution in [2.45, 2.75) is 6.42 Å². The molecule has 0 unspecified atom stereocenters. The van der Waals surface area contributed by atoms with Crippen LogP contribution in [0.25, 0.3) is 6.08 Å². The zero-order valence-electron chi connectivity index (χ0n) is 9.83. The largest absolute Gasteiger partial charge is 0.489 e. The summed E-state index contributed by atoms with van der Waals surface area (Å²) < 4.78 is 12.3. The van der Waals surface area contributed by atoms with Gasteiger partial charge < -0.3 is 14.8 Å². The van der Waals surface area contributed by atoms with E-state index < -0.39 is 0 Å². The summed E-state index contributed by atoms with van der Waals surface area (Å²) in [4.78, 5) is 0. The Hall–Kier alpha value is -1.00. The van der Waals surface area contributed by atoms with E-state index in [1.165, 1.54) is 0 Å². The first kappa shape index (κ1) is 12.5. The lowest BCUT2D eigenvalue weighted by Gasteiger charge is -2.10. The number of likely N-dealkylation sites (N-methyl/N-ethyl adjacent to an activating group) is 1. The summed E-state index contributed by atoms with van der Waals surface area (Å²) >= 11 is 3.52. The molecule has 1 aliphatic rings. The second-order valence-electron chi connectivity index (χ2n) is 3.84. The fraction of sp³-hybridized carbons (Fsp3) is 0.385. The van der Waals surface area contributed by atoms with E-state index in [0.29, 0.717) is 13.2 Å². The van der Waals surface area contributed by atoms with Crippen molar-refractivity contribution in [1.29, 1.82) is 0 Å². The van der Waals surface area contributed by atoms with E-state index in [1.807, 2.05) is 19.2 Å². The second kappa shape index (κ2) is 6.07. The molecule has 2 rings (SSSR count). The number of nitrogens with one attached hydrogen (secondary N) is 1. The minimum atomic E-state index is 0.709. The molecule has 0 saturated heterocycles. The summed E-state index contributed by atoms with van der Waals surface area (Å²) in [6.45, 7) is 2.27. The van der Waals surface area contributed by atoms with Crippen LogP contribution < -0.4 is 14.8 Å². The van der Waals surface area contributed by atoms with Crippen molar-refractivity contribution < 1.29 is 9.47 Å². The zero-order chi connectivity index (χ0) is 12.1. The smallest absolute Gasteiger partial charge is 0.175 e. The average Bonchev–Trinajstić information content (AvgIpc) is 2.55. The summed E-state index contributed by atoms with van der Waals surface area (Å²) in [5.74, 6) is 1.63. The van der Waals surface area contributed by atoms with Crippen molar-refractivity contribution in [3.05, 3.63) is 28.2 Å². The number of benzene rings is 1. The molecule has 1 aromatic carbocycles. The van der Waals surface area contributed by atoms with Gasteiger partial charge >= 0.3 is 0 Å². The van der Waals surface area contributed by atoms with E-state index in [9.17, 15) is 0 Å². The molecule has 1 aliphatic heterocycles. The van der Waals surface area contributed by atoms with E-state index in [-0.39, 0.29) is 0 Å². The highest BCUT2D eigenvalue weighted by Crippen LogP contribution is 2.38. The van der Waals surface area contributed by atoms with Crippen molar-refractivity contribution in [3.63, 3.8) is 0 Å². The summed E-state index contributed by atoms with van der Waals surface area (Å²) in [6.07, 6.45) is 5.06. The van der Waals surface area contributed by atoms with Gasteiger partial charge in [-0.3, -0.25) is 0 Å². The Labute approximate surface area is 110 Å². The molecular formula is C13H16BrNO2. The predicted molar refractivity (Wildman–Crippen MR) is 72.7 cm³/mol. The first-order chi connectivity index (χ1) is 8.31. The van der Waals surface area contributed by atoms with E-state index in [2.05, 4.69) is 33.4 Å². The van der Waals surface area contributed by atoms with Crippen LogP contribution in [0.2, 0.25) is 0 Å². The first-order valence-electron chi connectivity index (χ1n) is 5.71. The van der Waals surface area contributed by atoms with Crippen LogP contribution in [0.4, 0.5) is 0 Å². The SMILES string of the molecule is CNCC=Cc1cc(Br)c2c(c1)OCCCO2.